The van der Waals surface area contributed by atoms with Crippen LogP contribution in [-0.2, 0) is 29.0 Å². The number of H-pyrrole nitrogens is 1. The van der Waals surface area contributed by atoms with Crippen molar-refractivity contribution in [2.75, 3.05) is 62.9 Å². The number of carbonyl (C=O) groups is 2. The van der Waals surface area contributed by atoms with Gasteiger partial charge in [0.2, 0.25) is 23.8 Å². The van der Waals surface area contributed by atoms with E-state index in [0.29, 0.717) is 50.1 Å². The van der Waals surface area contributed by atoms with E-state index in [-0.39, 0.29) is 17.9 Å². The van der Waals surface area contributed by atoms with Crippen LogP contribution in [0.4, 0.5) is 28.3 Å². The Kier molecular flexibility index (Phi) is 12.2. The minimum atomic E-state index is -0.706. The second-order valence-electron chi connectivity index (χ2n) is 15.8. The van der Waals surface area contributed by atoms with Crippen molar-refractivity contribution >= 4 is 46.6 Å². The first kappa shape index (κ1) is 40.4. The summed E-state index contributed by atoms with van der Waals surface area (Å²) in [6.45, 7) is 13.5. The first-order valence-electron chi connectivity index (χ1n) is 19.1. The number of piperazine rings is 1. The molecule has 0 unspecified atom stereocenters. The third-order valence-electron chi connectivity index (χ3n) is 9.68. The maximum absolute atomic E-state index is 13.5. The summed E-state index contributed by atoms with van der Waals surface area (Å²) in [5.74, 6) is 1.48. The van der Waals surface area contributed by atoms with Crippen molar-refractivity contribution in [1.29, 1.82) is 5.26 Å². The number of benzene rings is 3. The maximum Gasteiger partial charge on any atom is 0.410 e. The molecule has 1 aliphatic rings. The van der Waals surface area contributed by atoms with Crippen molar-refractivity contribution in [2.24, 2.45) is 0 Å². The Labute approximate surface area is 334 Å². The van der Waals surface area contributed by atoms with Gasteiger partial charge in [0.05, 0.1) is 29.2 Å². The molecule has 3 heterocycles. The molecule has 0 spiro atoms. The Morgan fingerprint density at radius 1 is 0.912 bits per heavy atom. The van der Waals surface area contributed by atoms with Crippen LogP contribution in [0, 0.1) is 25.2 Å². The number of nitriles is 1. The Morgan fingerprint density at radius 3 is 2.30 bits per heavy atom. The lowest BCUT2D eigenvalue weighted by molar-refractivity contribution is -0.129. The molecule has 1 atom stereocenters. The summed E-state index contributed by atoms with van der Waals surface area (Å²) in [4.78, 5) is 56.2. The Morgan fingerprint density at radius 2 is 1.61 bits per heavy atom. The van der Waals surface area contributed by atoms with Crippen molar-refractivity contribution in [3.8, 4) is 6.07 Å². The van der Waals surface area contributed by atoms with Gasteiger partial charge in [0.1, 0.15) is 17.5 Å². The zero-order chi connectivity index (χ0) is 40.9. The highest BCUT2D eigenvalue weighted by Crippen LogP contribution is 2.23. The number of nitrogens with one attached hydrogen (secondary N) is 3. The molecule has 1 saturated heterocycles. The zero-order valence-electron chi connectivity index (χ0n) is 34.1. The van der Waals surface area contributed by atoms with E-state index in [1.165, 1.54) is 16.0 Å². The van der Waals surface area contributed by atoms with Crippen molar-refractivity contribution in [1.82, 2.24) is 39.6 Å². The molecule has 6 rings (SSSR count). The molecule has 0 saturated carbocycles. The quantitative estimate of drug-likeness (QED) is 0.140. The number of imidazole rings is 1. The van der Waals surface area contributed by atoms with Crippen LogP contribution in [0.25, 0.3) is 11.0 Å². The number of nitrogens with zero attached hydrogens (tertiary/aromatic N) is 9. The second kappa shape index (κ2) is 17.3. The molecule has 2 amide bonds. The van der Waals surface area contributed by atoms with Crippen molar-refractivity contribution in [3.05, 3.63) is 94.3 Å². The van der Waals surface area contributed by atoms with Gasteiger partial charge in [-0.05, 0) is 93.3 Å². The van der Waals surface area contributed by atoms with Gasteiger partial charge in [0.15, 0.2) is 0 Å². The van der Waals surface area contributed by atoms with Crippen LogP contribution in [0.5, 0.6) is 0 Å². The number of fused-ring (bicyclic) bond motifs is 1. The van der Waals surface area contributed by atoms with Gasteiger partial charge < -0.3 is 35.1 Å². The van der Waals surface area contributed by atoms with Crippen LogP contribution in [-0.4, -0.2) is 111 Å². The summed E-state index contributed by atoms with van der Waals surface area (Å²) >= 11 is 0. The first-order chi connectivity index (χ1) is 27.1. The van der Waals surface area contributed by atoms with Crippen molar-refractivity contribution in [3.63, 3.8) is 0 Å². The standard InChI is InChI=1S/C42H52N12O3/c1-27-20-33-34(21-28(27)2)46-36(45-33)26-52(8)40-49-38(48-39(50-40)47-35(37(55)51(6)7)23-29-12-14-30(24-43)15-13-29)44-32-11-9-10-31(22-32)25-53-16-18-54(19-17-53)41(56)57-42(3,4)5/h9-15,20-22,35H,16-19,23,25-26H2,1-8H3,(H,45,46)(H2,44,47,48,49,50)/t35-/m0/s1. The number of likely N-dealkylation sites (N-methyl/N-ethyl adjacent to an activating group) is 1. The van der Waals surface area contributed by atoms with Crippen molar-refractivity contribution < 1.29 is 14.3 Å². The highest BCUT2D eigenvalue weighted by molar-refractivity contribution is 5.84. The van der Waals surface area contributed by atoms with E-state index < -0.39 is 11.6 Å². The lowest BCUT2D eigenvalue weighted by Crippen LogP contribution is -2.49. The molecule has 15 heteroatoms. The van der Waals surface area contributed by atoms with E-state index in [9.17, 15) is 14.9 Å². The molecule has 15 nitrogen and oxygen atoms in total. The predicted octanol–water partition coefficient (Wildman–Crippen LogP) is 5.78. The molecule has 298 valence electrons. The molecule has 0 radical (unpaired) electrons. The molecular formula is C42H52N12O3. The fraction of sp³-hybridized carbons (Fsp3) is 0.405. The number of carbonyl (C=O) groups excluding carboxylic acids is 2. The molecule has 0 aliphatic carbocycles. The summed E-state index contributed by atoms with van der Waals surface area (Å²) in [5, 5.41) is 16.0. The van der Waals surface area contributed by atoms with Crippen LogP contribution in [0.15, 0.2) is 60.7 Å². The van der Waals surface area contributed by atoms with Crippen LogP contribution in [0.1, 0.15) is 54.4 Å². The number of aryl methyl sites for hydroxylation is 2. The van der Waals surface area contributed by atoms with Gasteiger partial charge in [-0.2, -0.15) is 20.2 Å². The normalized spacial score (nSPS) is 13.8. The largest absolute Gasteiger partial charge is 0.444 e. The zero-order valence-corrected chi connectivity index (χ0v) is 34.1. The van der Waals surface area contributed by atoms with Gasteiger partial charge in [-0.1, -0.05) is 24.3 Å². The Balaban J connectivity index is 1.24. The van der Waals surface area contributed by atoms with Crippen molar-refractivity contribution in [2.45, 2.75) is 65.8 Å². The monoisotopic (exact) mass is 772 g/mol. The second-order valence-corrected chi connectivity index (χ2v) is 15.8. The van der Waals surface area contributed by atoms with Crippen LogP contribution >= 0.6 is 0 Å². The number of hydrogen-bond acceptors (Lipinski definition) is 12. The number of aromatic amines is 1. The number of rotatable bonds is 12. The number of hydrogen-bond donors (Lipinski definition) is 3. The van der Waals surface area contributed by atoms with Gasteiger partial charge in [-0.3, -0.25) is 9.69 Å². The fourth-order valence-corrected chi connectivity index (χ4v) is 6.52. The minimum absolute atomic E-state index is 0.156. The molecular weight excluding hydrogens is 721 g/mol. The maximum atomic E-state index is 13.5. The summed E-state index contributed by atoms with van der Waals surface area (Å²) in [6, 6.07) is 20.8. The average molecular weight is 773 g/mol. The molecule has 57 heavy (non-hydrogen) atoms. The summed E-state index contributed by atoms with van der Waals surface area (Å²) in [6.07, 6.45) is 0.0628. The topological polar surface area (TPSA) is 172 Å². The fourth-order valence-electron chi connectivity index (χ4n) is 6.52. The average Bonchev–Trinajstić information content (AvgIpc) is 3.54. The highest BCUT2D eigenvalue weighted by Gasteiger charge is 2.27. The molecule has 2 aromatic heterocycles. The number of amides is 2. The smallest absolute Gasteiger partial charge is 0.410 e. The van der Waals surface area contributed by atoms with E-state index in [1.807, 2.05) is 57.0 Å². The molecule has 3 N–H and O–H groups in total. The Hall–Kier alpha value is -6.27. The highest BCUT2D eigenvalue weighted by atomic mass is 16.6. The number of anilines is 4. The molecule has 0 bridgehead atoms. The first-order valence-corrected chi connectivity index (χ1v) is 19.1. The van der Waals surface area contributed by atoms with E-state index in [1.54, 1.807) is 31.1 Å². The molecule has 5 aromatic rings. The SMILES string of the molecule is Cc1cc2nc(CN(C)c3nc(Nc4cccc(CN5CCN(C(=O)OC(C)(C)C)CC5)c4)nc(N[C@@H](Cc4ccc(C#N)cc4)C(=O)N(C)C)n3)[nH]c2cc1C. The van der Waals surface area contributed by atoms with Gasteiger partial charge in [0, 0.05) is 66.0 Å². The van der Waals surface area contributed by atoms with Gasteiger partial charge >= 0.3 is 6.09 Å². The predicted molar refractivity (Wildman–Crippen MR) is 221 cm³/mol. The molecule has 1 fully saturated rings. The lowest BCUT2D eigenvalue weighted by atomic mass is 10.0. The molecule has 1 aliphatic heterocycles. The lowest BCUT2D eigenvalue weighted by Gasteiger charge is -2.35. The third-order valence-corrected chi connectivity index (χ3v) is 9.68. The number of aromatic nitrogens is 5. The number of ether oxygens (including phenoxy) is 1. The van der Waals surface area contributed by atoms with E-state index in [0.717, 1.165) is 46.8 Å². The summed E-state index contributed by atoms with van der Waals surface area (Å²) in [5.41, 5.74) is 6.97. The van der Waals surface area contributed by atoms with E-state index in [4.69, 9.17) is 24.7 Å². The summed E-state index contributed by atoms with van der Waals surface area (Å²) in [7, 11) is 5.30. The van der Waals surface area contributed by atoms with Gasteiger partial charge in [-0.15, -0.1) is 0 Å². The van der Waals surface area contributed by atoms with E-state index in [2.05, 4.69) is 64.7 Å². The van der Waals surface area contributed by atoms with E-state index >= 15 is 0 Å². The van der Waals surface area contributed by atoms with Gasteiger partial charge in [-0.25, -0.2) is 9.78 Å². The van der Waals surface area contributed by atoms with Crippen LogP contribution in [0.2, 0.25) is 0 Å². The molecule has 3 aromatic carbocycles. The minimum Gasteiger partial charge on any atom is -0.444 e. The van der Waals surface area contributed by atoms with Gasteiger partial charge in [0.25, 0.3) is 0 Å². The Bertz CT molecular complexity index is 2210. The third kappa shape index (κ3) is 10.7. The summed E-state index contributed by atoms with van der Waals surface area (Å²) < 4.78 is 5.57. The van der Waals surface area contributed by atoms with Crippen LogP contribution < -0.4 is 15.5 Å². The van der Waals surface area contributed by atoms with Crippen LogP contribution in [0.3, 0.4) is 0 Å².